The van der Waals surface area contributed by atoms with E-state index >= 15 is 0 Å². The van der Waals surface area contributed by atoms with Crippen molar-refractivity contribution in [3.05, 3.63) is 70.7 Å². The second kappa shape index (κ2) is 8.15. The van der Waals surface area contributed by atoms with Gasteiger partial charge in [-0.25, -0.2) is 4.68 Å². The summed E-state index contributed by atoms with van der Waals surface area (Å²) in [6.07, 6.45) is 1.54. The van der Waals surface area contributed by atoms with Crippen LogP contribution in [0.25, 0.3) is 11.5 Å². The van der Waals surface area contributed by atoms with Gasteiger partial charge in [-0.2, -0.15) is 5.10 Å². The Morgan fingerprint density at radius 2 is 2.04 bits per heavy atom. The predicted octanol–water partition coefficient (Wildman–Crippen LogP) is 2.33. The Balaban J connectivity index is 1.66. The summed E-state index contributed by atoms with van der Waals surface area (Å²) < 4.78 is 12.0. The molecule has 0 bridgehead atoms. The maximum Gasteiger partial charge on any atom is 0.266 e. The largest absolute Gasteiger partial charge is 0.493 e. The third kappa shape index (κ3) is 4.00. The fourth-order valence-corrected chi connectivity index (χ4v) is 2.47. The number of furan rings is 1. The van der Waals surface area contributed by atoms with E-state index < -0.39 is 0 Å². The van der Waals surface area contributed by atoms with Crippen molar-refractivity contribution in [2.75, 3.05) is 13.2 Å². The average Bonchev–Trinajstić information content (AvgIpc) is 3.18. The molecule has 26 heavy (non-hydrogen) atoms. The lowest BCUT2D eigenvalue weighted by atomic mass is 10.2. The molecule has 3 rings (SSSR count). The van der Waals surface area contributed by atoms with Gasteiger partial charge in [-0.15, -0.1) is 0 Å². The summed E-state index contributed by atoms with van der Waals surface area (Å²) in [6, 6.07) is 13.6. The van der Waals surface area contributed by atoms with Gasteiger partial charge in [-0.05, 0) is 37.3 Å². The van der Waals surface area contributed by atoms with E-state index in [1.54, 1.807) is 42.7 Å². The summed E-state index contributed by atoms with van der Waals surface area (Å²) in [5, 5.41) is 7.05. The second-order valence-corrected chi connectivity index (χ2v) is 5.44. The number of carbonyl (C=O) groups is 1. The van der Waals surface area contributed by atoms with Gasteiger partial charge in [-0.1, -0.05) is 12.1 Å². The standard InChI is InChI=1S/C19H19N3O4/c1-2-25-16-7-4-3-6-14(16)19(24)20-11-12-22-18(23)10-9-15(21-22)17-8-5-13-26-17/h3-10,13H,2,11-12H2,1H3,(H,20,24). The molecule has 2 aromatic heterocycles. The van der Waals surface area contributed by atoms with Crippen molar-refractivity contribution < 1.29 is 13.9 Å². The van der Waals surface area contributed by atoms with Gasteiger partial charge >= 0.3 is 0 Å². The first-order chi connectivity index (χ1) is 12.7. The van der Waals surface area contributed by atoms with E-state index in [1.165, 1.54) is 10.7 Å². The molecule has 0 spiro atoms. The molecule has 7 heteroatoms. The number of hydrogen-bond donors (Lipinski definition) is 1. The topological polar surface area (TPSA) is 86.4 Å². The van der Waals surface area contributed by atoms with Crippen LogP contribution in [-0.4, -0.2) is 28.8 Å². The van der Waals surface area contributed by atoms with Gasteiger partial charge in [-0.3, -0.25) is 9.59 Å². The Bertz CT molecular complexity index is 932. The first kappa shape index (κ1) is 17.5. The third-order valence-electron chi connectivity index (χ3n) is 3.68. The summed E-state index contributed by atoms with van der Waals surface area (Å²) in [7, 11) is 0. The molecule has 0 fully saturated rings. The molecule has 0 saturated carbocycles. The van der Waals surface area contributed by atoms with E-state index in [9.17, 15) is 9.59 Å². The minimum absolute atomic E-state index is 0.246. The van der Waals surface area contributed by atoms with E-state index in [0.29, 0.717) is 29.4 Å². The highest BCUT2D eigenvalue weighted by molar-refractivity contribution is 5.96. The molecular formula is C19H19N3O4. The number of rotatable bonds is 7. The van der Waals surface area contributed by atoms with Crippen molar-refractivity contribution in [3.8, 4) is 17.2 Å². The van der Waals surface area contributed by atoms with Gasteiger partial charge in [0.05, 0.1) is 25.0 Å². The van der Waals surface area contributed by atoms with Gasteiger partial charge in [0.25, 0.3) is 11.5 Å². The molecule has 1 aromatic carbocycles. The number of amides is 1. The van der Waals surface area contributed by atoms with Crippen LogP contribution >= 0.6 is 0 Å². The lowest BCUT2D eigenvalue weighted by Gasteiger charge is -2.11. The molecule has 1 N–H and O–H groups in total. The van der Waals surface area contributed by atoms with Gasteiger partial charge in [0, 0.05) is 12.6 Å². The van der Waals surface area contributed by atoms with Crippen molar-refractivity contribution in [2.24, 2.45) is 0 Å². The average molecular weight is 353 g/mol. The van der Waals surface area contributed by atoms with Crippen molar-refractivity contribution in [1.82, 2.24) is 15.1 Å². The monoisotopic (exact) mass is 353 g/mol. The zero-order valence-corrected chi connectivity index (χ0v) is 14.3. The highest BCUT2D eigenvalue weighted by Crippen LogP contribution is 2.17. The maximum atomic E-state index is 12.4. The van der Waals surface area contributed by atoms with E-state index in [-0.39, 0.29) is 24.6 Å². The SMILES string of the molecule is CCOc1ccccc1C(=O)NCCn1nc(-c2ccco2)ccc1=O. The molecule has 1 amide bonds. The summed E-state index contributed by atoms with van der Waals surface area (Å²) in [6.45, 7) is 2.84. The highest BCUT2D eigenvalue weighted by atomic mass is 16.5. The van der Waals surface area contributed by atoms with E-state index in [4.69, 9.17) is 9.15 Å². The number of carbonyl (C=O) groups excluding carboxylic acids is 1. The molecular weight excluding hydrogens is 334 g/mol. The first-order valence-electron chi connectivity index (χ1n) is 8.31. The van der Waals surface area contributed by atoms with Crippen LogP contribution in [0.15, 0.2) is 64.0 Å². The predicted molar refractivity (Wildman–Crippen MR) is 96.1 cm³/mol. The molecule has 7 nitrogen and oxygen atoms in total. The summed E-state index contributed by atoms with van der Waals surface area (Å²) in [4.78, 5) is 24.3. The minimum atomic E-state index is -0.260. The number of hydrogen-bond acceptors (Lipinski definition) is 5. The van der Waals surface area contributed by atoms with E-state index in [0.717, 1.165) is 0 Å². The Hall–Kier alpha value is -3.35. The van der Waals surface area contributed by atoms with Gasteiger partial charge in [0.1, 0.15) is 11.4 Å². The Kier molecular flexibility index (Phi) is 5.48. The molecule has 0 radical (unpaired) electrons. The maximum absolute atomic E-state index is 12.4. The number of para-hydroxylation sites is 1. The Labute approximate surface area is 150 Å². The van der Waals surface area contributed by atoms with Crippen molar-refractivity contribution in [1.29, 1.82) is 0 Å². The van der Waals surface area contributed by atoms with Crippen molar-refractivity contribution in [2.45, 2.75) is 13.5 Å². The zero-order valence-electron chi connectivity index (χ0n) is 14.3. The number of benzene rings is 1. The molecule has 0 unspecified atom stereocenters. The van der Waals surface area contributed by atoms with Crippen LogP contribution < -0.4 is 15.6 Å². The van der Waals surface area contributed by atoms with Crippen LogP contribution in [0.2, 0.25) is 0 Å². The molecule has 2 heterocycles. The number of nitrogens with zero attached hydrogens (tertiary/aromatic N) is 2. The molecule has 0 saturated heterocycles. The number of aromatic nitrogens is 2. The summed E-state index contributed by atoms with van der Waals surface area (Å²) >= 11 is 0. The first-order valence-corrected chi connectivity index (χ1v) is 8.31. The quantitative estimate of drug-likeness (QED) is 0.704. The van der Waals surface area contributed by atoms with E-state index in [2.05, 4.69) is 10.4 Å². The van der Waals surface area contributed by atoms with Crippen LogP contribution in [0.4, 0.5) is 0 Å². The third-order valence-corrected chi connectivity index (χ3v) is 3.68. The fourth-order valence-electron chi connectivity index (χ4n) is 2.47. The molecule has 0 aliphatic heterocycles. The van der Waals surface area contributed by atoms with Gasteiger partial charge < -0.3 is 14.5 Å². The number of nitrogens with one attached hydrogen (secondary N) is 1. The van der Waals surface area contributed by atoms with Crippen LogP contribution in [0, 0.1) is 0 Å². The minimum Gasteiger partial charge on any atom is -0.493 e. The highest BCUT2D eigenvalue weighted by Gasteiger charge is 2.12. The van der Waals surface area contributed by atoms with Gasteiger partial charge in [0.15, 0.2) is 5.76 Å². The van der Waals surface area contributed by atoms with Crippen LogP contribution in [0.5, 0.6) is 5.75 Å². The summed E-state index contributed by atoms with van der Waals surface area (Å²) in [5.74, 6) is 0.848. The second-order valence-electron chi connectivity index (χ2n) is 5.44. The van der Waals surface area contributed by atoms with Crippen LogP contribution in [-0.2, 0) is 6.54 Å². The Morgan fingerprint density at radius 1 is 1.19 bits per heavy atom. The lowest BCUT2D eigenvalue weighted by Crippen LogP contribution is -2.32. The van der Waals surface area contributed by atoms with Crippen molar-refractivity contribution in [3.63, 3.8) is 0 Å². The zero-order chi connectivity index (χ0) is 18.4. The molecule has 134 valence electrons. The normalized spacial score (nSPS) is 10.5. The smallest absolute Gasteiger partial charge is 0.266 e. The lowest BCUT2D eigenvalue weighted by molar-refractivity contribution is 0.0948. The van der Waals surface area contributed by atoms with Crippen LogP contribution in [0.1, 0.15) is 17.3 Å². The fraction of sp³-hybridized carbons (Fsp3) is 0.211. The molecule has 0 atom stereocenters. The molecule has 0 aliphatic rings. The van der Waals surface area contributed by atoms with Gasteiger partial charge in [0.2, 0.25) is 0 Å². The van der Waals surface area contributed by atoms with E-state index in [1.807, 2.05) is 13.0 Å². The summed E-state index contributed by atoms with van der Waals surface area (Å²) in [5.41, 5.74) is 0.769. The number of ether oxygens (including phenoxy) is 1. The van der Waals surface area contributed by atoms with Crippen molar-refractivity contribution >= 4 is 5.91 Å². The Morgan fingerprint density at radius 3 is 2.81 bits per heavy atom. The van der Waals surface area contributed by atoms with Crippen LogP contribution in [0.3, 0.4) is 0 Å². The molecule has 0 aliphatic carbocycles. The molecule has 3 aromatic rings.